The molecule has 1 aromatic heterocycles. The molecule has 1 aromatic carbocycles. The first-order valence-corrected chi connectivity index (χ1v) is 8.73. The number of hydrazone groups is 1. The molecule has 24 heavy (non-hydrogen) atoms. The molecule has 0 saturated carbocycles. The SMILES string of the molecule is Cc1ccc(N(CCc2ccc(C)nc2)N=C2CCNCC2)cc1. The number of anilines is 1. The van der Waals surface area contributed by atoms with E-state index in [0.29, 0.717) is 0 Å². The van der Waals surface area contributed by atoms with Crippen LogP contribution in [-0.4, -0.2) is 30.3 Å². The first-order chi connectivity index (χ1) is 11.7. The monoisotopic (exact) mass is 322 g/mol. The lowest BCUT2D eigenvalue weighted by atomic mass is 10.1. The summed E-state index contributed by atoms with van der Waals surface area (Å²) in [6, 6.07) is 12.9. The number of nitrogens with zero attached hydrogens (tertiary/aromatic N) is 3. The summed E-state index contributed by atoms with van der Waals surface area (Å²) >= 11 is 0. The van der Waals surface area contributed by atoms with E-state index in [-0.39, 0.29) is 0 Å². The number of hydrogen-bond acceptors (Lipinski definition) is 4. The Kier molecular flexibility index (Phi) is 5.59. The highest BCUT2D eigenvalue weighted by Gasteiger charge is 2.11. The minimum Gasteiger partial charge on any atom is -0.316 e. The summed E-state index contributed by atoms with van der Waals surface area (Å²) in [6.45, 7) is 7.06. The Labute approximate surface area is 144 Å². The highest BCUT2D eigenvalue weighted by molar-refractivity contribution is 5.86. The quantitative estimate of drug-likeness (QED) is 0.857. The van der Waals surface area contributed by atoms with Gasteiger partial charge in [0.2, 0.25) is 0 Å². The molecule has 1 fully saturated rings. The number of hydrogen-bond donors (Lipinski definition) is 1. The van der Waals surface area contributed by atoms with Crippen LogP contribution in [0, 0.1) is 13.8 Å². The Hall–Kier alpha value is -2.20. The highest BCUT2D eigenvalue weighted by Crippen LogP contribution is 2.17. The predicted octanol–water partition coefficient (Wildman–Crippen LogP) is 3.49. The predicted molar refractivity (Wildman–Crippen MR) is 101 cm³/mol. The van der Waals surface area contributed by atoms with Crippen molar-refractivity contribution < 1.29 is 0 Å². The van der Waals surface area contributed by atoms with Gasteiger partial charge in [0, 0.05) is 50.1 Å². The van der Waals surface area contributed by atoms with Gasteiger partial charge in [-0.1, -0.05) is 23.8 Å². The van der Waals surface area contributed by atoms with E-state index >= 15 is 0 Å². The van der Waals surface area contributed by atoms with Gasteiger partial charge in [0.25, 0.3) is 0 Å². The number of pyridine rings is 1. The zero-order valence-corrected chi connectivity index (χ0v) is 14.6. The maximum absolute atomic E-state index is 4.96. The molecule has 0 aliphatic carbocycles. The van der Waals surface area contributed by atoms with Crippen LogP contribution in [0.25, 0.3) is 0 Å². The van der Waals surface area contributed by atoms with Crippen LogP contribution in [0.4, 0.5) is 5.69 Å². The zero-order chi connectivity index (χ0) is 16.8. The second-order valence-corrected chi connectivity index (χ2v) is 6.43. The van der Waals surface area contributed by atoms with Gasteiger partial charge in [0.05, 0.1) is 5.69 Å². The minimum atomic E-state index is 0.866. The fourth-order valence-electron chi connectivity index (χ4n) is 2.82. The number of piperidine rings is 1. The molecular formula is C20H26N4. The molecule has 1 aliphatic rings. The van der Waals surface area contributed by atoms with Crippen molar-refractivity contribution in [3.63, 3.8) is 0 Å². The van der Waals surface area contributed by atoms with Crippen molar-refractivity contribution in [2.75, 3.05) is 24.6 Å². The Bertz CT molecular complexity index is 666. The third-order valence-corrected chi connectivity index (χ3v) is 4.36. The van der Waals surface area contributed by atoms with E-state index in [1.54, 1.807) is 0 Å². The molecule has 126 valence electrons. The topological polar surface area (TPSA) is 40.5 Å². The Morgan fingerprint density at radius 2 is 1.79 bits per heavy atom. The van der Waals surface area contributed by atoms with Gasteiger partial charge >= 0.3 is 0 Å². The number of aryl methyl sites for hydroxylation is 2. The van der Waals surface area contributed by atoms with Gasteiger partial charge in [-0.05, 0) is 44.0 Å². The summed E-state index contributed by atoms with van der Waals surface area (Å²) in [4.78, 5) is 4.39. The molecule has 3 rings (SSSR count). The van der Waals surface area contributed by atoms with Gasteiger partial charge in [-0.25, -0.2) is 0 Å². The van der Waals surface area contributed by atoms with Gasteiger partial charge in [-0.2, -0.15) is 5.10 Å². The molecule has 1 saturated heterocycles. The lowest BCUT2D eigenvalue weighted by molar-refractivity contribution is 0.664. The second kappa shape index (κ2) is 8.06. The number of benzene rings is 1. The number of rotatable bonds is 5. The number of nitrogens with one attached hydrogen (secondary N) is 1. The molecule has 2 aromatic rings. The Morgan fingerprint density at radius 1 is 1.04 bits per heavy atom. The molecule has 0 bridgehead atoms. The van der Waals surface area contributed by atoms with Crippen LogP contribution in [0.2, 0.25) is 0 Å². The van der Waals surface area contributed by atoms with E-state index in [2.05, 4.69) is 58.6 Å². The van der Waals surface area contributed by atoms with Crippen molar-refractivity contribution >= 4 is 11.4 Å². The van der Waals surface area contributed by atoms with Gasteiger partial charge in [0.15, 0.2) is 0 Å². The van der Waals surface area contributed by atoms with Crippen molar-refractivity contribution in [1.82, 2.24) is 10.3 Å². The van der Waals surface area contributed by atoms with Gasteiger partial charge < -0.3 is 5.32 Å². The fourth-order valence-corrected chi connectivity index (χ4v) is 2.82. The Balaban J connectivity index is 1.75. The van der Waals surface area contributed by atoms with Crippen LogP contribution in [0.3, 0.4) is 0 Å². The van der Waals surface area contributed by atoms with Crippen LogP contribution in [0.5, 0.6) is 0 Å². The molecule has 4 nitrogen and oxygen atoms in total. The van der Waals surface area contributed by atoms with E-state index < -0.39 is 0 Å². The van der Waals surface area contributed by atoms with Crippen LogP contribution >= 0.6 is 0 Å². The summed E-state index contributed by atoms with van der Waals surface area (Å²) < 4.78 is 0. The molecule has 0 unspecified atom stereocenters. The molecule has 0 spiro atoms. The smallest absolute Gasteiger partial charge is 0.0594 e. The van der Waals surface area contributed by atoms with Crippen molar-refractivity contribution in [2.45, 2.75) is 33.1 Å². The van der Waals surface area contributed by atoms with Crippen molar-refractivity contribution in [2.24, 2.45) is 5.10 Å². The normalized spacial score (nSPS) is 14.5. The average molecular weight is 322 g/mol. The third-order valence-electron chi connectivity index (χ3n) is 4.36. The van der Waals surface area contributed by atoms with E-state index in [0.717, 1.165) is 50.3 Å². The third kappa shape index (κ3) is 4.65. The average Bonchev–Trinajstić information content (AvgIpc) is 2.62. The van der Waals surface area contributed by atoms with Gasteiger partial charge in [-0.3, -0.25) is 9.99 Å². The van der Waals surface area contributed by atoms with Crippen LogP contribution in [0.1, 0.15) is 29.7 Å². The summed E-state index contributed by atoms with van der Waals surface area (Å²) in [7, 11) is 0. The van der Waals surface area contributed by atoms with Crippen LogP contribution in [-0.2, 0) is 6.42 Å². The summed E-state index contributed by atoms with van der Waals surface area (Å²) in [5, 5.41) is 10.5. The van der Waals surface area contributed by atoms with E-state index in [1.807, 2.05) is 13.1 Å². The summed E-state index contributed by atoms with van der Waals surface area (Å²) in [5.41, 5.74) is 6.03. The molecule has 1 N–H and O–H groups in total. The molecule has 0 amide bonds. The van der Waals surface area contributed by atoms with Crippen LogP contribution < -0.4 is 10.3 Å². The largest absolute Gasteiger partial charge is 0.316 e. The zero-order valence-electron chi connectivity index (χ0n) is 14.6. The molecule has 0 atom stereocenters. The highest BCUT2D eigenvalue weighted by atomic mass is 15.5. The number of aromatic nitrogens is 1. The standard InChI is InChI=1S/C20H26N4/c1-16-3-7-20(8-4-16)24(23-19-9-12-21-13-10-19)14-11-18-6-5-17(2)22-15-18/h3-8,15,21H,9-14H2,1-2H3. The van der Waals surface area contributed by atoms with E-state index in [4.69, 9.17) is 5.10 Å². The Morgan fingerprint density at radius 3 is 2.46 bits per heavy atom. The maximum Gasteiger partial charge on any atom is 0.0594 e. The minimum absolute atomic E-state index is 0.866. The second-order valence-electron chi connectivity index (χ2n) is 6.43. The summed E-state index contributed by atoms with van der Waals surface area (Å²) in [5.74, 6) is 0. The van der Waals surface area contributed by atoms with Gasteiger partial charge in [0.1, 0.15) is 0 Å². The summed E-state index contributed by atoms with van der Waals surface area (Å²) in [6.07, 6.45) is 4.99. The van der Waals surface area contributed by atoms with Crippen molar-refractivity contribution in [1.29, 1.82) is 0 Å². The molecule has 4 heteroatoms. The lowest BCUT2D eigenvalue weighted by Gasteiger charge is -2.23. The first-order valence-electron chi connectivity index (χ1n) is 8.73. The van der Waals surface area contributed by atoms with Crippen molar-refractivity contribution in [3.05, 3.63) is 59.4 Å². The first kappa shape index (κ1) is 16.7. The molecule has 2 heterocycles. The fraction of sp³-hybridized carbons (Fsp3) is 0.400. The van der Waals surface area contributed by atoms with Crippen LogP contribution in [0.15, 0.2) is 47.7 Å². The molecule has 0 radical (unpaired) electrons. The molecule has 1 aliphatic heterocycles. The lowest BCUT2D eigenvalue weighted by Crippen LogP contribution is -2.30. The maximum atomic E-state index is 4.96. The van der Waals surface area contributed by atoms with E-state index in [1.165, 1.54) is 16.8 Å². The van der Waals surface area contributed by atoms with E-state index in [9.17, 15) is 0 Å². The van der Waals surface area contributed by atoms with Gasteiger partial charge in [-0.15, -0.1) is 0 Å². The molecular weight excluding hydrogens is 296 g/mol. The van der Waals surface area contributed by atoms with Crippen molar-refractivity contribution in [3.8, 4) is 0 Å².